The number of carbonyl (C=O) groups excluding carboxylic acids is 2. The van der Waals surface area contributed by atoms with Crippen molar-refractivity contribution in [2.75, 3.05) is 20.7 Å². The van der Waals surface area contributed by atoms with E-state index in [1.54, 1.807) is 6.07 Å². The standard InChI is InChI=1S/C16H24N2O4S/c1-6-10-21-15(19)17(4)23-18(5)16(20)22-14-9-7-8-13(11-14)12(2)3/h7-9,11-12H,6,10H2,1-5H3. The van der Waals surface area contributed by atoms with Crippen LogP contribution in [0.3, 0.4) is 0 Å². The molecule has 7 heteroatoms. The molecule has 0 aliphatic rings. The van der Waals surface area contributed by atoms with Crippen LogP contribution in [-0.4, -0.2) is 41.5 Å². The summed E-state index contributed by atoms with van der Waals surface area (Å²) in [5.41, 5.74) is 1.09. The van der Waals surface area contributed by atoms with E-state index in [0.717, 1.165) is 24.1 Å². The maximum atomic E-state index is 12.1. The molecule has 0 saturated heterocycles. The van der Waals surface area contributed by atoms with Gasteiger partial charge in [0.05, 0.1) is 18.7 Å². The highest BCUT2D eigenvalue weighted by Gasteiger charge is 2.19. The molecule has 1 rings (SSSR count). The summed E-state index contributed by atoms with van der Waals surface area (Å²) in [5, 5.41) is 0. The number of hydrogen-bond acceptors (Lipinski definition) is 5. The van der Waals surface area contributed by atoms with Gasteiger partial charge in [-0.2, -0.15) is 0 Å². The molecule has 0 heterocycles. The van der Waals surface area contributed by atoms with Crippen LogP contribution in [0.2, 0.25) is 0 Å². The quantitative estimate of drug-likeness (QED) is 0.723. The SMILES string of the molecule is CCCOC(=O)N(C)SN(C)C(=O)Oc1cccc(C(C)C)c1. The summed E-state index contributed by atoms with van der Waals surface area (Å²) in [5.74, 6) is 0.824. The van der Waals surface area contributed by atoms with Gasteiger partial charge in [-0.1, -0.05) is 32.9 Å². The van der Waals surface area contributed by atoms with Crippen LogP contribution in [0.1, 0.15) is 38.7 Å². The van der Waals surface area contributed by atoms with E-state index in [9.17, 15) is 9.59 Å². The number of rotatable bonds is 6. The maximum absolute atomic E-state index is 12.1. The third-order valence-corrected chi connectivity index (χ3v) is 3.71. The first-order valence-electron chi connectivity index (χ1n) is 7.49. The van der Waals surface area contributed by atoms with E-state index in [-0.39, 0.29) is 0 Å². The highest BCUT2D eigenvalue weighted by atomic mass is 32.2. The molecule has 0 aromatic heterocycles. The molecular formula is C16H24N2O4S. The van der Waals surface area contributed by atoms with Gasteiger partial charge in [-0.3, -0.25) is 0 Å². The van der Waals surface area contributed by atoms with Crippen molar-refractivity contribution in [3.63, 3.8) is 0 Å². The van der Waals surface area contributed by atoms with E-state index in [1.165, 1.54) is 22.7 Å². The van der Waals surface area contributed by atoms with Gasteiger partial charge in [0.2, 0.25) is 0 Å². The zero-order valence-corrected chi connectivity index (χ0v) is 15.1. The number of amides is 2. The second kappa shape index (κ2) is 9.29. The third kappa shape index (κ3) is 6.40. The third-order valence-electron chi connectivity index (χ3n) is 2.92. The Hall–Kier alpha value is -1.89. The minimum atomic E-state index is -0.564. The molecule has 0 saturated carbocycles. The fourth-order valence-electron chi connectivity index (χ4n) is 1.63. The summed E-state index contributed by atoms with van der Waals surface area (Å²) >= 11 is 0.914. The summed E-state index contributed by atoms with van der Waals surface area (Å²) < 4.78 is 12.8. The molecule has 0 spiro atoms. The summed E-state index contributed by atoms with van der Waals surface area (Å²) in [6.07, 6.45) is -0.321. The molecule has 0 atom stereocenters. The lowest BCUT2D eigenvalue weighted by molar-refractivity contribution is 0.132. The lowest BCUT2D eigenvalue weighted by atomic mass is 10.0. The largest absolute Gasteiger partial charge is 0.449 e. The van der Waals surface area contributed by atoms with Crippen molar-refractivity contribution in [3.05, 3.63) is 29.8 Å². The second-order valence-electron chi connectivity index (χ2n) is 5.29. The topological polar surface area (TPSA) is 59.1 Å². The number of nitrogens with zero attached hydrogens (tertiary/aromatic N) is 2. The fraction of sp³-hybridized carbons (Fsp3) is 0.500. The minimum absolute atomic E-state index is 0.347. The second-order valence-corrected chi connectivity index (χ2v) is 6.54. The van der Waals surface area contributed by atoms with Crippen LogP contribution in [-0.2, 0) is 4.74 Å². The number of ether oxygens (including phenoxy) is 2. The molecule has 1 aromatic carbocycles. The van der Waals surface area contributed by atoms with Crippen molar-refractivity contribution in [3.8, 4) is 5.75 Å². The summed E-state index contributed by atoms with van der Waals surface area (Å²) in [4.78, 5) is 23.7. The highest BCUT2D eigenvalue weighted by molar-refractivity contribution is 7.95. The van der Waals surface area contributed by atoms with E-state index in [4.69, 9.17) is 9.47 Å². The van der Waals surface area contributed by atoms with Gasteiger partial charge in [-0.15, -0.1) is 0 Å². The van der Waals surface area contributed by atoms with Crippen molar-refractivity contribution < 1.29 is 19.1 Å². The Balaban J connectivity index is 2.57. The van der Waals surface area contributed by atoms with Gasteiger partial charge in [-0.25, -0.2) is 18.2 Å². The molecular weight excluding hydrogens is 316 g/mol. The molecule has 0 bridgehead atoms. The van der Waals surface area contributed by atoms with E-state index in [0.29, 0.717) is 18.3 Å². The summed E-state index contributed by atoms with van der Waals surface area (Å²) in [6, 6.07) is 7.39. The zero-order chi connectivity index (χ0) is 17.4. The van der Waals surface area contributed by atoms with Gasteiger partial charge in [0, 0.05) is 14.1 Å². The van der Waals surface area contributed by atoms with Crippen molar-refractivity contribution in [1.82, 2.24) is 8.61 Å². The van der Waals surface area contributed by atoms with Gasteiger partial charge in [0.1, 0.15) is 5.75 Å². The zero-order valence-electron chi connectivity index (χ0n) is 14.2. The van der Waals surface area contributed by atoms with E-state index in [2.05, 4.69) is 13.8 Å². The molecule has 23 heavy (non-hydrogen) atoms. The number of benzene rings is 1. The van der Waals surface area contributed by atoms with Crippen LogP contribution in [0.4, 0.5) is 9.59 Å². The average molecular weight is 340 g/mol. The maximum Gasteiger partial charge on any atom is 0.426 e. The molecule has 0 fully saturated rings. The Bertz CT molecular complexity index is 537. The highest BCUT2D eigenvalue weighted by Crippen LogP contribution is 2.22. The monoisotopic (exact) mass is 340 g/mol. The molecule has 0 unspecified atom stereocenters. The number of carbonyl (C=O) groups is 2. The molecule has 6 nitrogen and oxygen atoms in total. The van der Waals surface area contributed by atoms with Crippen LogP contribution in [0, 0.1) is 0 Å². The van der Waals surface area contributed by atoms with E-state index < -0.39 is 12.2 Å². The molecule has 0 aliphatic carbocycles. The van der Waals surface area contributed by atoms with Gasteiger partial charge in [-0.05, 0) is 30.0 Å². The Morgan fingerprint density at radius 1 is 1.17 bits per heavy atom. The lowest BCUT2D eigenvalue weighted by Crippen LogP contribution is -2.31. The van der Waals surface area contributed by atoms with E-state index >= 15 is 0 Å². The molecule has 0 N–H and O–H groups in total. The Morgan fingerprint density at radius 3 is 2.43 bits per heavy atom. The van der Waals surface area contributed by atoms with Crippen LogP contribution in [0.25, 0.3) is 0 Å². The predicted octanol–water partition coefficient (Wildman–Crippen LogP) is 4.28. The summed E-state index contributed by atoms with van der Waals surface area (Å²) in [7, 11) is 3.06. The van der Waals surface area contributed by atoms with Gasteiger partial charge < -0.3 is 9.47 Å². The van der Waals surface area contributed by atoms with E-state index in [1.807, 2.05) is 25.1 Å². The summed E-state index contributed by atoms with van der Waals surface area (Å²) in [6.45, 7) is 6.40. The number of hydrogen-bond donors (Lipinski definition) is 0. The smallest absolute Gasteiger partial charge is 0.426 e. The molecule has 2 amide bonds. The van der Waals surface area contributed by atoms with Crippen LogP contribution in [0.15, 0.2) is 24.3 Å². The lowest BCUT2D eigenvalue weighted by Gasteiger charge is -2.21. The van der Waals surface area contributed by atoms with Crippen molar-refractivity contribution >= 4 is 24.3 Å². The van der Waals surface area contributed by atoms with Crippen molar-refractivity contribution in [1.29, 1.82) is 0 Å². The van der Waals surface area contributed by atoms with Gasteiger partial charge in [0.15, 0.2) is 0 Å². The first-order valence-corrected chi connectivity index (χ1v) is 8.22. The fourth-order valence-corrected chi connectivity index (χ4v) is 2.22. The normalized spacial score (nSPS) is 10.3. The molecule has 1 aromatic rings. The molecule has 0 radical (unpaired) electrons. The Labute approximate surface area is 142 Å². The van der Waals surface area contributed by atoms with Crippen LogP contribution >= 0.6 is 12.1 Å². The predicted molar refractivity (Wildman–Crippen MR) is 91.3 cm³/mol. The Kier molecular flexibility index (Phi) is 7.74. The van der Waals surface area contributed by atoms with Crippen molar-refractivity contribution in [2.24, 2.45) is 0 Å². The van der Waals surface area contributed by atoms with Gasteiger partial charge in [0.25, 0.3) is 0 Å². The van der Waals surface area contributed by atoms with Crippen molar-refractivity contribution in [2.45, 2.75) is 33.1 Å². The Morgan fingerprint density at radius 2 is 1.83 bits per heavy atom. The first kappa shape index (κ1) is 19.2. The van der Waals surface area contributed by atoms with Crippen LogP contribution in [0.5, 0.6) is 5.75 Å². The molecule has 0 aliphatic heterocycles. The molecule has 128 valence electrons. The van der Waals surface area contributed by atoms with Crippen LogP contribution < -0.4 is 4.74 Å². The minimum Gasteiger partial charge on any atom is -0.449 e. The van der Waals surface area contributed by atoms with Gasteiger partial charge >= 0.3 is 12.2 Å². The first-order chi connectivity index (χ1) is 10.8. The average Bonchev–Trinajstić information content (AvgIpc) is 2.52.